The van der Waals surface area contributed by atoms with E-state index in [9.17, 15) is 0 Å². The Morgan fingerprint density at radius 2 is 1.61 bits per heavy atom. The molecule has 0 aliphatic carbocycles. The van der Waals surface area contributed by atoms with Gasteiger partial charge in [0.2, 0.25) is 5.75 Å². The van der Waals surface area contributed by atoms with Crippen LogP contribution in [0.25, 0.3) is 0 Å². The van der Waals surface area contributed by atoms with E-state index in [1.165, 1.54) is 0 Å². The second kappa shape index (κ2) is 5.48. The third kappa shape index (κ3) is 2.38. The highest BCUT2D eigenvalue weighted by atomic mass is 16.5. The molecule has 1 aliphatic heterocycles. The molecule has 0 N–H and O–H groups in total. The normalized spacial score (nSPS) is 22.9. The van der Waals surface area contributed by atoms with E-state index in [0.717, 1.165) is 18.4 Å². The molecule has 100 valence electrons. The summed E-state index contributed by atoms with van der Waals surface area (Å²) in [4.78, 5) is 0. The summed E-state index contributed by atoms with van der Waals surface area (Å²) in [6.07, 6.45) is 2.55. The third-order valence-electron chi connectivity index (χ3n) is 3.29. The van der Waals surface area contributed by atoms with Crippen molar-refractivity contribution in [1.82, 2.24) is 0 Å². The Bertz CT molecular complexity index is 391. The molecule has 0 saturated carbocycles. The molecule has 0 amide bonds. The van der Waals surface area contributed by atoms with E-state index in [1.807, 2.05) is 12.1 Å². The molecule has 2 rings (SSSR count). The summed E-state index contributed by atoms with van der Waals surface area (Å²) in [5.74, 6) is 1.97. The Kier molecular flexibility index (Phi) is 3.97. The first-order valence-corrected chi connectivity index (χ1v) is 6.15. The van der Waals surface area contributed by atoms with Gasteiger partial charge < -0.3 is 18.9 Å². The van der Waals surface area contributed by atoms with Crippen LogP contribution in [0.5, 0.6) is 17.2 Å². The molecular formula is C14H20O4. The fourth-order valence-corrected chi connectivity index (χ4v) is 2.34. The molecule has 1 fully saturated rings. The van der Waals surface area contributed by atoms with Gasteiger partial charge in [0.1, 0.15) is 0 Å². The highest BCUT2D eigenvalue weighted by molar-refractivity contribution is 5.54. The maximum atomic E-state index is 5.87. The van der Waals surface area contributed by atoms with E-state index < -0.39 is 0 Å². The van der Waals surface area contributed by atoms with Crippen molar-refractivity contribution in [3.8, 4) is 17.2 Å². The molecule has 4 heteroatoms. The van der Waals surface area contributed by atoms with Gasteiger partial charge in [0.05, 0.1) is 33.5 Å². The van der Waals surface area contributed by atoms with Gasteiger partial charge in [-0.05, 0) is 37.5 Å². The average molecular weight is 252 g/mol. The summed E-state index contributed by atoms with van der Waals surface area (Å²) in [5, 5.41) is 0. The van der Waals surface area contributed by atoms with E-state index in [4.69, 9.17) is 18.9 Å². The van der Waals surface area contributed by atoms with Crippen molar-refractivity contribution in [3.63, 3.8) is 0 Å². The first kappa shape index (κ1) is 13.0. The van der Waals surface area contributed by atoms with Crippen molar-refractivity contribution in [2.75, 3.05) is 21.3 Å². The lowest BCUT2D eigenvalue weighted by Crippen LogP contribution is -2.03. The molecule has 0 bridgehead atoms. The average Bonchev–Trinajstić information content (AvgIpc) is 2.83. The topological polar surface area (TPSA) is 36.9 Å². The minimum absolute atomic E-state index is 0.119. The zero-order chi connectivity index (χ0) is 13.1. The number of ether oxygens (including phenoxy) is 4. The van der Waals surface area contributed by atoms with Gasteiger partial charge in [0, 0.05) is 0 Å². The minimum Gasteiger partial charge on any atom is -0.493 e. The highest BCUT2D eigenvalue weighted by Gasteiger charge is 2.25. The van der Waals surface area contributed by atoms with Gasteiger partial charge in [0.25, 0.3) is 0 Å². The van der Waals surface area contributed by atoms with Crippen LogP contribution in [0.2, 0.25) is 0 Å². The summed E-state index contributed by atoms with van der Waals surface area (Å²) >= 11 is 0. The molecule has 1 aliphatic rings. The molecule has 1 aromatic rings. The van der Waals surface area contributed by atoms with Crippen LogP contribution in [0.3, 0.4) is 0 Å². The molecule has 0 unspecified atom stereocenters. The molecule has 0 spiro atoms. The lowest BCUT2D eigenvalue weighted by molar-refractivity contribution is 0.0552. The SMILES string of the molecule is COc1cc([C@H]2CC[C@H](C)O2)cc(OC)c1OC. The lowest BCUT2D eigenvalue weighted by atomic mass is 10.0. The Labute approximate surface area is 108 Å². The summed E-state index contributed by atoms with van der Waals surface area (Å²) in [7, 11) is 4.85. The second-order valence-corrected chi connectivity index (χ2v) is 4.47. The predicted molar refractivity (Wildman–Crippen MR) is 68.6 cm³/mol. The van der Waals surface area contributed by atoms with Gasteiger partial charge in [-0.3, -0.25) is 0 Å². The molecular weight excluding hydrogens is 232 g/mol. The van der Waals surface area contributed by atoms with Crippen molar-refractivity contribution >= 4 is 0 Å². The van der Waals surface area contributed by atoms with Crippen molar-refractivity contribution < 1.29 is 18.9 Å². The Balaban J connectivity index is 2.37. The first-order valence-electron chi connectivity index (χ1n) is 6.15. The largest absolute Gasteiger partial charge is 0.493 e. The van der Waals surface area contributed by atoms with E-state index in [1.54, 1.807) is 21.3 Å². The summed E-state index contributed by atoms with van der Waals surface area (Å²) in [6.45, 7) is 2.10. The van der Waals surface area contributed by atoms with Crippen LogP contribution in [0.1, 0.15) is 31.4 Å². The molecule has 2 atom stereocenters. The number of methoxy groups -OCH3 is 3. The third-order valence-corrected chi connectivity index (χ3v) is 3.29. The van der Waals surface area contributed by atoms with Crippen molar-refractivity contribution in [2.45, 2.75) is 32.0 Å². The van der Waals surface area contributed by atoms with Crippen LogP contribution >= 0.6 is 0 Å². The first-order chi connectivity index (χ1) is 8.69. The van der Waals surface area contributed by atoms with Crippen molar-refractivity contribution in [3.05, 3.63) is 17.7 Å². The summed E-state index contributed by atoms with van der Waals surface area (Å²) < 4.78 is 21.9. The molecule has 1 heterocycles. The monoisotopic (exact) mass is 252 g/mol. The number of hydrogen-bond acceptors (Lipinski definition) is 4. The molecule has 4 nitrogen and oxygen atoms in total. The van der Waals surface area contributed by atoms with Crippen LogP contribution in [0.15, 0.2) is 12.1 Å². The predicted octanol–water partition coefficient (Wildman–Crippen LogP) is 2.95. The lowest BCUT2D eigenvalue weighted by Gasteiger charge is -2.17. The van der Waals surface area contributed by atoms with Crippen LogP contribution in [0, 0.1) is 0 Å². The van der Waals surface area contributed by atoms with E-state index >= 15 is 0 Å². The Hall–Kier alpha value is -1.42. The van der Waals surface area contributed by atoms with Gasteiger partial charge in [-0.15, -0.1) is 0 Å². The highest BCUT2D eigenvalue weighted by Crippen LogP contribution is 2.42. The smallest absolute Gasteiger partial charge is 0.203 e. The molecule has 0 radical (unpaired) electrons. The van der Waals surface area contributed by atoms with Crippen LogP contribution in [-0.2, 0) is 4.74 Å². The van der Waals surface area contributed by atoms with Crippen LogP contribution < -0.4 is 14.2 Å². The number of hydrogen-bond donors (Lipinski definition) is 0. The maximum Gasteiger partial charge on any atom is 0.203 e. The zero-order valence-electron chi connectivity index (χ0n) is 11.4. The summed E-state index contributed by atoms with van der Waals surface area (Å²) in [6, 6.07) is 3.92. The minimum atomic E-state index is 0.119. The standard InChI is InChI=1S/C14H20O4/c1-9-5-6-11(18-9)10-7-12(15-2)14(17-4)13(8-10)16-3/h7-9,11H,5-6H2,1-4H3/t9-,11+/m0/s1. The Morgan fingerprint density at radius 3 is 2.00 bits per heavy atom. The van der Waals surface area contributed by atoms with Crippen LogP contribution in [0.4, 0.5) is 0 Å². The van der Waals surface area contributed by atoms with Crippen LogP contribution in [-0.4, -0.2) is 27.4 Å². The maximum absolute atomic E-state index is 5.87. The molecule has 1 saturated heterocycles. The molecule has 18 heavy (non-hydrogen) atoms. The second-order valence-electron chi connectivity index (χ2n) is 4.47. The Morgan fingerprint density at radius 1 is 1.00 bits per heavy atom. The van der Waals surface area contributed by atoms with Gasteiger partial charge in [-0.2, -0.15) is 0 Å². The quantitative estimate of drug-likeness (QED) is 0.825. The van der Waals surface area contributed by atoms with E-state index in [-0.39, 0.29) is 6.10 Å². The fraction of sp³-hybridized carbons (Fsp3) is 0.571. The van der Waals surface area contributed by atoms with Crippen molar-refractivity contribution in [2.24, 2.45) is 0 Å². The van der Waals surface area contributed by atoms with Gasteiger partial charge in [-0.25, -0.2) is 0 Å². The van der Waals surface area contributed by atoms with Gasteiger partial charge >= 0.3 is 0 Å². The molecule has 0 aromatic heterocycles. The van der Waals surface area contributed by atoms with E-state index in [0.29, 0.717) is 23.4 Å². The zero-order valence-corrected chi connectivity index (χ0v) is 11.4. The number of rotatable bonds is 4. The molecule has 1 aromatic carbocycles. The van der Waals surface area contributed by atoms with Crippen molar-refractivity contribution in [1.29, 1.82) is 0 Å². The van der Waals surface area contributed by atoms with Gasteiger partial charge in [0.15, 0.2) is 11.5 Å². The number of benzene rings is 1. The van der Waals surface area contributed by atoms with E-state index in [2.05, 4.69) is 6.92 Å². The summed E-state index contributed by atoms with van der Waals surface area (Å²) in [5.41, 5.74) is 1.08. The van der Waals surface area contributed by atoms with Gasteiger partial charge in [-0.1, -0.05) is 0 Å². The fourth-order valence-electron chi connectivity index (χ4n) is 2.34.